The fourth-order valence-corrected chi connectivity index (χ4v) is 5.41. The fourth-order valence-electron chi connectivity index (χ4n) is 5.41. The number of likely N-dealkylation sites (tertiary alicyclic amines) is 1. The summed E-state index contributed by atoms with van der Waals surface area (Å²) in [4.78, 5) is 17.9. The minimum absolute atomic E-state index is 0.0853. The number of benzene rings is 1. The van der Waals surface area contributed by atoms with Crippen LogP contribution in [-0.4, -0.2) is 62.3 Å². The molecular formula is C27H28F4N8O. The van der Waals surface area contributed by atoms with Crippen molar-refractivity contribution in [2.75, 3.05) is 43.4 Å². The smallest absolute Gasteiger partial charge is 0.383 e. The van der Waals surface area contributed by atoms with Crippen molar-refractivity contribution in [3.05, 3.63) is 60.4 Å². The van der Waals surface area contributed by atoms with Gasteiger partial charge in [0.1, 0.15) is 35.9 Å². The summed E-state index contributed by atoms with van der Waals surface area (Å²) in [6.45, 7) is 4.93. The second-order valence-corrected chi connectivity index (χ2v) is 10.2. The Morgan fingerprint density at radius 3 is 2.50 bits per heavy atom. The van der Waals surface area contributed by atoms with Gasteiger partial charge in [-0.05, 0) is 50.6 Å². The zero-order chi connectivity index (χ0) is 27.9. The zero-order valence-corrected chi connectivity index (χ0v) is 21.6. The lowest BCUT2D eigenvalue weighted by atomic mass is 9.95. The number of rotatable bonds is 7. The van der Waals surface area contributed by atoms with Gasteiger partial charge in [0.2, 0.25) is 0 Å². The zero-order valence-electron chi connectivity index (χ0n) is 21.6. The van der Waals surface area contributed by atoms with E-state index >= 15 is 0 Å². The number of hydrogen-bond acceptors (Lipinski definition) is 8. The Kier molecular flexibility index (Phi) is 6.90. The summed E-state index contributed by atoms with van der Waals surface area (Å²) in [5.41, 5.74) is 6.89. The SMILES string of the molecule is Nc1ncnc(N2CCC(c3nc(-c4ccc(F)c(C(F)(F)F)c4)cn3CCN3CCC3)CC2)c1-c1cnoc1. The average Bonchev–Trinajstić information content (AvgIpc) is 3.58. The molecule has 6 rings (SSSR count). The predicted octanol–water partition coefficient (Wildman–Crippen LogP) is 4.82. The van der Waals surface area contributed by atoms with E-state index in [0.717, 1.165) is 50.4 Å². The predicted molar refractivity (Wildman–Crippen MR) is 140 cm³/mol. The number of piperidine rings is 1. The summed E-state index contributed by atoms with van der Waals surface area (Å²) in [5.74, 6) is 0.648. The van der Waals surface area contributed by atoms with Crippen molar-refractivity contribution in [1.82, 2.24) is 29.6 Å². The van der Waals surface area contributed by atoms with E-state index in [9.17, 15) is 17.6 Å². The quantitative estimate of drug-likeness (QED) is 0.323. The highest BCUT2D eigenvalue weighted by molar-refractivity contribution is 5.83. The van der Waals surface area contributed by atoms with Crippen LogP contribution in [0.5, 0.6) is 0 Å². The summed E-state index contributed by atoms with van der Waals surface area (Å²) in [5, 5.41) is 3.78. The van der Waals surface area contributed by atoms with Gasteiger partial charge in [-0.2, -0.15) is 13.2 Å². The normalized spacial score (nSPS) is 16.9. The number of hydrogen-bond donors (Lipinski definition) is 1. The van der Waals surface area contributed by atoms with E-state index in [1.807, 2.05) is 0 Å². The van der Waals surface area contributed by atoms with Crippen LogP contribution in [-0.2, 0) is 12.7 Å². The molecule has 0 bridgehead atoms. The summed E-state index contributed by atoms with van der Waals surface area (Å²) >= 11 is 0. The van der Waals surface area contributed by atoms with E-state index in [1.54, 1.807) is 12.4 Å². The molecule has 2 N–H and O–H groups in total. The molecule has 0 spiro atoms. The molecule has 2 saturated heterocycles. The fraction of sp³-hybridized carbons (Fsp3) is 0.407. The monoisotopic (exact) mass is 556 g/mol. The van der Waals surface area contributed by atoms with Crippen LogP contribution in [0.1, 0.15) is 36.6 Å². The molecule has 4 aromatic rings. The third-order valence-electron chi connectivity index (χ3n) is 7.72. The Labute approximate surface area is 227 Å². The van der Waals surface area contributed by atoms with Crippen LogP contribution in [0, 0.1) is 5.82 Å². The molecule has 9 nitrogen and oxygen atoms in total. The van der Waals surface area contributed by atoms with Crippen LogP contribution in [0.15, 0.2) is 47.7 Å². The first kappa shape index (κ1) is 26.2. The van der Waals surface area contributed by atoms with Gasteiger partial charge in [-0.1, -0.05) is 5.16 Å². The van der Waals surface area contributed by atoms with Crippen molar-refractivity contribution in [2.45, 2.75) is 37.9 Å². The first-order valence-corrected chi connectivity index (χ1v) is 13.2. The lowest BCUT2D eigenvalue weighted by Gasteiger charge is -2.34. The lowest BCUT2D eigenvalue weighted by molar-refractivity contribution is -0.139. The van der Waals surface area contributed by atoms with Crippen molar-refractivity contribution < 1.29 is 22.1 Å². The second kappa shape index (κ2) is 10.5. The molecule has 210 valence electrons. The number of nitrogens with zero attached hydrogens (tertiary/aromatic N) is 7. The van der Waals surface area contributed by atoms with E-state index in [4.69, 9.17) is 15.2 Å². The maximum atomic E-state index is 14.0. The Morgan fingerprint density at radius 2 is 1.82 bits per heavy atom. The van der Waals surface area contributed by atoms with Gasteiger partial charge >= 0.3 is 6.18 Å². The van der Waals surface area contributed by atoms with Crippen LogP contribution in [0.2, 0.25) is 0 Å². The first-order valence-electron chi connectivity index (χ1n) is 13.2. The Hall–Kier alpha value is -4.00. The number of nitrogens with two attached hydrogens (primary N) is 1. The highest BCUT2D eigenvalue weighted by Crippen LogP contribution is 2.38. The van der Waals surface area contributed by atoms with Crippen LogP contribution in [0.4, 0.5) is 29.2 Å². The van der Waals surface area contributed by atoms with E-state index in [-0.39, 0.29) is 11.5 Å². The van der Waals surface area contributed by atoms with Gasteiger partial charge in [-0.15, -0.1) is 0 Å². The van der Waals surface area contributed by atoms with Crippen molar-refractivity contribution in [3.63, 3.8) is 0 Å². The molecule has 0 atom stereocenters. The maximum absolute atomic E-state index is 14.0. The number of alkyl halides is 3. The van der Waals surface area contributed by atoms with Crippen LogP contribution in [0.25, 0.3) is 22.4 Å². The minimum Gasteiger partial charge on any atom is -0.383 e. The largest absolute Gasteiger partial charge is 0.419 e. The molecule has 5 heterocycles. The van der Waals surface area contributed by atoms with Gasteiger partial charge in [0, 0.05) is 49.4 Å². The van der Waals surface area contributed by atoms with E-state index < -0.39 is 17.6 Å². The molecule has 2 aliphatic rings. The summed E-state index contributed by atoms with van der Waals surface area (Å²) in [6.07, 6.45) is 4.19. The highest BCUT2D eigenvalue weighted by Gasteiger charge is 2.35. The molecule has 0 saturated carbocycles. The number of nitrogen functional groups attached to an aromatic ring is 1. The van der Waals surface area contributed by atoms with E-state index in [0.29, 0.717) is 48.1 Å². The van der Waals surface area contributed by atoms with Gasteiger partial charge in [0.05, 0.1) is 23.0 Å². The Morgan fingerprint density at radius 1 is 1.02 bits per heavy atom. The van der Waals surface area contributed by atoms with Crippen molar-refractivity contribution in [1.29, 1.82) is 0 Å². The minimum atomic E-state index is -4.79. The van der Waals surface area contributed by atoms with Crippen molar-refractivity contribution in [2.24, 2.45) is 0 Å². The van der Waals surface area contributed by atoms with Crippen molar-refractivity contribution >= 4 is 11.6 Å². The topological polar surface area (TPSA) is 102 Å². The van der Waals surface area contributed by atoms with Gasteiger partial charge in [0.15, 0.2) is 0 Å². The number of halogens is 4. The molecule has 13 heteroatoms. The molecule has 1 aromatic carbocycles. The molecule has 3 aromatic heterocycles. The highest BCUT2D eigenvalue weighted by atomic mass is 19.4. The number of anilines is 2. The summed E-state index contributed by atoms with van der Waals surface area (Å²) in [7, 11) is 0. The Balaban J connectivity index is 1.26. The van der Waals surface area contributed by atoms with E-state index in [2.05, 4.69) is 29.5 Å². The standard InChI is InChI=1S/C27H28F4N8O/c28-21-3-2-18(12-20(21)27(29,30)31)22-14-39(11-10-37-6-1-7-37)25(36-22)17-4-8-38(9-5-17)26-23(19-13-35-40-15-19)24(32)33-16-34-26/h2-3,12-17H,1,4-11H2,(H2,32,33,34). The molecule has 40 heavy (non-hydrogen) atoms. The maximum Gasteiger partial charge on any atom is 0.419 e. The Bertz CT molecular complexity index is 1470. The molecule has 0 aliphatic carbocycles. The van der Waals surface area contributed by atoms with Crippen LogP contribution >= 0.6 is 0 Å². The number of imidazole rings is 1. The van der Waals surface area contributed by atoms with Crippen LogP contribution < -0.4 is 10.6 Å². The van der Waals surface area contributed by atoms with Gasteiger partial charge in [0.25, 0.3) is 0 Å². The van der Waals surface area contributed by atoms with Crippen LogP contribution in [0.3, 0.4) is 0 Å². The molecule has 0 amide bonds. The van der Waals surface area contributed by atoms with Crippen molar-refractivity contribution in [3.8, 4) is 22.4 Å². The van der Waals surface area contributed by atoms with E-state index in [1.165, 1.54) is 25.1 Å². The third-order valence-corrected chi connectivity index (χ3v) is 7.72. The first-order chi connectivity index (χ1) is 19.3. The molecule has 0 radical (unpaired) electrons. The van der Waals surface area contributed by atoms with Gasteiger partial charge in [-0.3, -0.25) is 0 Å². The molecule has 2 aliphatic heterocycles. The summed E-state index contributed by atoms with van der Waals surface area (Å²) < 4.78 is 61.2. The molecule has 2 fully saturated rings. The second-order valence-electron chi connectivity index (χ2n) is 10.2. The van der Waals surface area contributed by atoms with Gasteiger partial charge < -0.3 is 24.6 Å². The number of aromatic nitrogens is 5. The third kappa shape index (κ3) is 5.12. The lowest BCUT2D eigenvalue weighted by Crippen LogP contribution is -2.39. The van der Waals surface area contributed by atoms with Gasteiger partial charge in [-0.25, -0.2) is 19.3 Å². The average molecular weight is 557 g/mol. The summed E-state index contributed by atoms with van der Waals surface area (Å²) in [6, 6.07) is 3.05. The molecule has 0 unspecified atom stereocenters. The molecular weight excluding hydrogens is 528 g/mol.